The van der Waals surface area contributed by atoms with Crippen LogP contribution in [0.2, 0.25) is 0 Å². The number of amides is 2. The molecule has 5 heteroatoms. The third kappa shape index (κ3) is 5.06. The predicted molar refractivity (Wildman–Crippen MR) is 127 cm³/mol. The smallest absolute Gasteiger partial charge is 0.319 e. The molecule has 3 aromatic carbocycles. The Labute approximate surface area is 187 Å². The van der Waals surface area contributed by atoms with E-state index in [1.807, 2.05) is 97.3 Å². The number of carbonyl (C=O) groups excluding carboxylic acids is 2. The fourth-order valence-electron chi connectivity index (χ4n) is 3.71. The summed E-state index contributed by atoms with van der Waals surface area (Å²) >= 11 is 1.68. The molecule has 31 heavy (non-hydrogen) atoms. The van der Waals surface area contributed by atoms with Crippen LogP contribution >= 0.6 is 11.8 Å². The summed E-state index contributed by atoms with van der Waals surface area (Å²) in [6, 6.07) is 26.9. The number of para-hydroxylation sites is 1. The molecule has 4 nitrogen and oxygen atoms in total. The maximum Gasteiger partial charge on any atom is 0.322 e. The van der Waals surface area contributed by atoms with Crippen LogP contribution in [0.15, 0.2) is 95.4 Å². The Kier molecular flexibility index (Phi) is 6.53. The summed E-state index contributed by atoms with van der Waals surface area (Å²) in [5.74, 6) is -0.308. The molecule has 1 atom stereocenters. The molecule has 0 aliphatic carbocycles. The number of likely N-dealkylation sites (tertiary alicyclic amines) is 1. The number of urea groups is 1. The van der Waals surface area contributed by atoms with Gasteiger partial charge in [-0.2, -0.15) is 0 Å². The Morgan fingerprint density at radius 2 is 1.61 bits per heavy atom. The SMILES string of the molecule is CSc1ccc(C=C2CN(C(=O)Nc3ccccc3)CC(c3ccccc3)C2=O)cc1. The first kappa shape index (κ1) is 20.9. The summed E-state index contributed by atoms with van der Waals surface area (Å²) in [5.41, 5.74) is 3.26. The molecule has 0 spiro atoms. The monoisotopic (exact) mass is 428 g/mol. The number of thioether (sulfide) groups is 1. The third-order valence-corrected chi connectivity index (χ3v) is 6.11. The minimum Gasteiger partial charge on any atom is -0.319 e. The highest BCUT2D eigenvalue weighted by atomic mass is 32.2. The number of ketones is 1. The van der Waals surface area contributed by atoms with Crippen LogP contribution in [0.1, 0.15) is 17.0 Å². The van der Waals surface area contributed by atoms with Gasteiger partial charge < -0.3 is 10.2 Å². The number of hydrogen-bond acceptors (Lipinski definition) is 3. The minimum absolute atomic E-state index is 0.0731. The Morgan fingerprint density at radius 3 is 2.26 bits per heavy atom. The lowest BCUT2D eigenvalue weighted by Gasteiger charge is -2.33. The number of hydrogen-bond donors (Lipinski definition) is 1. The van der Waals surface area contributed by atoms with E-state index in [1.165, 1.54) is 4.90 Å². The summed E-state index contributed by atoms with van der Waals surface area (Å²) < 4.78 is 0. The average molecular weight is 429 g/mol. The van der Waals surface area contributed by atoms with E-state index < -0.39 is 0 Å². The molecule has 1 saturated heterocycles. The molecule has 4 rings (SSSR count). The van der Waals surface area contributed by atoms with E-state index in [0.717, 1.165) is 16.8 Å². The van der Waals surface area contributed by atoms with Crippen LogP contribution in [0.3, 0.4) is 0 Å². The average Bonchev–Trinajstić information content (AvgIpc) is 2.82. The second kappa shape index (κ2) is 9.67. The number of rotatable bonds is 4. The lowest BCUT2D eigenvalue weighted by molar-refractivity contribution is -0.118. The van der Waals surface area contributed by atoms with Crippen LogP contribution < -0.4 is 5.32 Å². The molecule has 0 bridgehead atoms. The van der Waals surface area contributed by atoms with Gasteiger partial charge >= 0.3 is 6.03 Å². The summed E-state index contributed by atoms with van der Waals surface area (Å²) in [5, 5.41) is 2.94. The lowest BCUT2D eigenvalue weighted by Crippen LogP contribution is -2.46. The second-order valence-electron chi connectivity index (χ2n) is 7.45. The maximum absolute atomic E-state index is 13.3. The summed E-state index contributed by atoms with van der Waals surface area (Å²) in [6.45, 7) is 0.634. The lowest BCUT2D eigenvalue weighted by atomic mass is 9.86. The van der Waals surface area contributed by atoms with Gasteiger partial charge in [0.25, 0.3) is 0 Å². The van der Waals surface area contributed by atoms with Crippen LogP contribution in [0.5, 0.6) is 0 Å². The van der Waals surface area contributed by atoms with E-state index in [9.17, 15) is 9.59 Å². The normalized spacial score (nSPS) is 17.6. The summed E-state index contributed by atoms with van der Waals surface area (Å²) in [7, 11) is 0. The first-order valence-electron chi connectivity index (χ1n) is 10.2. The molecule has 0 aromatic heterocycles. The van der Waals surface area contributed by atoms with Crippen LogP contribution in [0.25, 0.3) is 6.08 Å². The van der Waals surface area contributed by atoms with Gasteiger partial charge in [0.2, 0.25) is 0 Å². The number of nitrogens with zero attached hydrogens (tertiary/aromatic N) is 1. The maximum atomic E-state index is 13.3. The first-order chi connectivity index (χ1) is 15.1. The van der Waals surface area contributed by atoms with Gasteiger partial charge in [-0.15, -0.1) is 11.8 Å². The Hall–Kier alpha value is -3.31. The van der Waals surface area contributed by atoms with Gasteiger partial charge in [0, 0.05) is 22.7 Å². The highest BCUT2D eigenvalue weighted by Crippen LogP contribution is 2.29. The van der Waals surface area contributed by atoms with E-state index in [-0.39, 0.29) is 24.3 Å². The van der Waals surface area contributed by atoms with Crippen LogP contribution in [-0.4, -0.2) is 36.1 Å². The zero-order valence-corrected chi connectivity index (χ0v) is 18.1. The van der Waals surface area contributed by atoms with Gasteiger partial charge in [-0.3, -0.25) is 4.79 Å². The van der Waals surface area contributed by atoms with E-state index in [0.29, 0.717) is 12.1 Å². The molecular weight excluding hydrogens is 404 g/mol. The van der Waals surface area contributed by atoms with Gasteiger partial charge in [0.05, 0.1) is 12.5 Å². The summed E-state index contributed by atoms with van der Waals surface area (Å²) in [4.78, 5) is 29.2. The topological polar surface area (TPSA) is 49.4 Å². The van der Waals surface area contributed by atoms with Crippen molar-refractivity contribution in [2.45, 2.75) is 10.8 Å². The highest BCUT2D eigenvalue weighted by molar-refractivity contribution is 7.98. The first-order valence-corrected chi connectivity index (χ1v) is 11.4. The van der Waals surface area contributed by atoms with Crippen molar-refractivity contribution in [3.63, 3.8) is 0 Å². The molecule has 2 amide bonds. The van der Waals surface area contributed by atoms with E-state index in [1.54, 1.807) is 16.7 Å². The molecule has 0 radical (unpaired) electrons. The number of carbonyl (C=O) groups is 2. The fourth-order valence-corrected chi connectivity index (χ4v) is 4.12. The number of Topliss-reactive ketones (excluding diaryl/α,β-unsaturated/α-hetero) is 1. The van der Waals surface area contributed by atoms with E-state index >= 15 is 0 Å². The zero-order chi connectivity index (χ0) is 21.6. The van der Waals surface area contributed by atoms with Crippen LogP contribution in [-0.2, 0) is 4.79 Å². The van der Waals surface area contributed by atoms with Crippen molar-refractivity contribution in [1.29, 1.82) is 0 Å². The highest BCUT2D eigenvalue weighted by Gasteiger charge is 2.34. The van der Waals surface area contributed by atoms with Crippen LogP contribution in [0, 0.1) is 0 Å². The van der Waals surface area contributed by atoms with Crippen molar-refractivity contribution in [2.75, 3.05) is 24.7 Å². The van der Waals surface area contributed by atoms with Crippen LogP contribution in [0.4, 0.5) is 10.5 Å². The molecule has 156 valence electrons. The summed E-state index contributed by atoms with van der Waals surface area (Å²) in [6.07, 6.45) is 3.94. The Balaban J connectivity index is 1.63. The second-order valence-corrected chi connectivity index (χ2v) is 8.33. The molecule has 3 aromatic rings. The van der Waals surface area contributed by atoms with Gasteiger partial charge in [-0.25, -0.2) is 4.79 Å². The molecule has 1 heterocycles. The minimum atomic E-state index is -0.381. The molecule has 1 unspecified atom stereocenters. The predicted octanol–water partition coefficient (Wildman–Crippen LogP) is 5.69. The number of piperidine rings is 1. The van der Waals surface area contributed by atoms with Gasteiger partial charge in [0.1, 0.15) is 0 Å². The Morgan fingerprint density at radius 1 is 0.968 bits per heavy atom. The molecule has 0 saturated carbocycles. The quantitative estimate of drug-likeness (QED) is 0.429. The van der Waals surface area contributed by atoms with Crippen molar-refractivity contribution in [3.05, 3.63) is 102 Å². The Bertz CT molecular complexity index is 1080. The zero-order valence-electron chi connectivity index (χ0n) is 17.3. The van der Waals surface area contributed by atoms with E-state index in [4.69, 9.17) is 0 Å². The molecular formula is C26H24N2O2S. The van der Waals surface area contributed by atoms with Crippen molar-refractivity contribution in [1.82, 2.24) is 4.90 Å². The van der Waals surface area contributed by atoms with E-state index in [2.05, 4.69) is 5.32 Å². The molecule has 1 N–H and O–H groups in total. The van der Waals surface area contributed by atoms with Gasteiger partial charge in [0.15, 0.2) is 5.78 Å². The molecule has 1 fully saturated rings. The number of benzene rings is 3. The van der Waals surface area contributed by atoms with Gasteiger partial charge in [-0.1, -0.05) is 60.7 Å². The largest absolute Gasteiger partial charge is 0.322 e. The standard InChI is InChI=1S/C26H24N2O2S/c1-31-23-14-12-19(13-15-23)16-21-17-28(26(30)27-22-10-6-3-7-11-22)18-24(25(21)29)20-8-4-2-5-9-20/h2-16,24H,17-18H2,1H3,(H,27,30). The third-order valence-electron chi connectivity index (χ3n) is 5.37. The number of anilines is 1. The van der Waals surface area contributed by atoms with Crippen molar-refractivity contribution in [2.24, 2.45) is 0 Å². The fraction of sp³-hybridized carbons (Fsp3) is 0.154. The van der Waals surface area contributed by atoms with Gasteiger partial charge in [-0.05, 0) is 47.7 Å². The molecule has 1 aliphatic rings. The molecule has 1 aliphatic heterocycles. The van der Waals surface area contributed by atoms with Crippen molar-refractivity contribution >= 4 is 35.3 Å². The van der Waals surface area contributed by atoms with Crippen molar-refractivity contribution in [3.8, 4) is 0 Å². The van der Waals surface area contributed by atoms with Crippen molar-refractivity contribution < 1.29 is 9.59 Å². The number of nitrogens with one attached hydrogen (secondary N) is 1.